The van der Waals surface area contributed by atoms with Gasteiger partial charge in [0.2, 0.25) is 0 Å². The van der Waals surface area contributed by atoms with E-state index >= 15 is 0 Å². The highest BCUT2D eigenvalue weighted by atomic mass is 32.2. The van der Waals surface area contributed by atoms with Crippen molar-refractivity contribution in [2.45, 2.75) is 75.6 Å². The zero-order valence-electron chi connectivity index (χ0n) is 13.3. The van der Waals surface area contributed by atoms with E-state index in [1.165, 1.54) is 20.0 Å². The second-order valence-electron chi connectivity index (χ2n) is 7.22. The molecule has 2 atom stereocenters. The van der Waals surface area contributed by atoms with Crippen LogP contribution in [0.5, 0.6) is 0 Å². The molecule has 0 saturated heterocycles. The van der Waals surface area contributed by atoms with Gasteiger partial charge in [0.25, 0.3) is 0 Å². The zero-order valence-corrected chi connectivity index (χ0v) is 14.1. The number of rotatable bonds is 6. The lowest BCUT2D eigenvalue weighted by Gasteiger charge is -2.34. The Kier molecular flexibility index (Phi) is 5.06. The molecule has 3 nitrogen and oxygen atoms in total. The molecule has 0 bridgehead atoms. The van der Waals surface area contributed by atoms with Gasteiger partial charge >= 0.3 is 5.97 Å². The number of hydrogen-bond donors (Lipinski definition) is 1. The van der Waals surface area contributed by atoms with Gasteiger partial charge in [-0.1, -0.05) is 27.2 Å². The van der Waals surface area contributed by atoms with Crippen LogP contribution in [0.3, 0.4) is 0 Å². The lowest BCUT2D eigenvalue weighted by atomic mass is 9.84. The Hall–Kier alpha value is -0.220. The minimum absolute atomic E-state index is 0.0346. The van der Waals surface area contributed by atoms with Crippen LogP contribution in [0.2, 0.25) is 0 Å². The van der Waals surface area contributed by atoms with Crippen molar-refractivity contribution < 1.29 is 9.53 Å². The predicted octanol–water partition coefficient (Wildman–Crippen LogP) is 3.37. The smallest absolute Gasteiger partial charge is 0.326 e. The van der Waals surface area contributed by atoms with Crippen molar-refractivity contribution in [3.05, 3.63) is 0 Å². The zero-order chi connectivity index (χ0) is 14.8. The molecule has 0 aromatic heterocycles. The van der Waals surface area contributed by atoms with Crippen LogP contribution in [-0.4, -0.2) is 35.2 Å². The average Bonchev–Trinajstić information content (AvgIpc) is 3.08. The lowest BCUT2D eigenvalue weighted by molar-refractivity contribution is -0.150. The summed E-state index contributed by atoms with van der Waals surface area (Å²) in [7, 11) is 1.53. The molecule has 0 radical (unpaired) electrons. The predicted molar refractivity (Wildman–Crippen MR) is 85.1 cm³/mol. The first-order chi connectivity index (χ1) is 9.37. The third kappa shape index (κ3) is 3.91. The summed E-state index contributed by atoms with van der Waals surface area (Å²) < 4.78 is 5.44. The summed E-state index contributed by atoms with van der Waals surface area (Å²) in [5, 5.41) is 3.63. The van der Waals surface area contributed by atoms with Crippen LogP contribution < -0.4 is 5.32 Å². The van der Waals surface area contributed by atoms with Crippen molar-refractivity contribution in [3.63, 3.8) is 0 Å². The number of esters is 1. The summed E-state index contributed by atoms with van der Waals surface area (Å²) in [5.41, 5.74) is -0.394. The Balaban J connectivity index is 1.98. The number of methoxy groups -OCH3 is 1. The van der Waals surface area contributed by atoms with Crippen molar-refractivity contribution >= 4 is 17.7 Å². The Morgan fingerprint density at radius 3 is 2.60 bits per heavy atom. The molecule has 20 heavy (non-hydrogen) atoms. The molecular weight excluding hydrogens is 270 g/mol. The van der Waals surface area contributed by atoms with Gasteiger partial charge in [-0.15, -0.1) is 0 Å². The van der Waals surface area contributed by atoms with Crippen LogP contribution in [0, 0.1) is 5.92 Å². The summed E-state index contributed by atoms with van der Waals surface area (Å²) in [4.78, 5) is 12.4. The fourth-order valence-corrected chi connectivity index (χ4v) is 4.28. The van der Waals surface area contributed by atoms with Gasteiger partial charge in [-0.2, -0.15) is 11.8 Å². The molecule has 116 valence electrons. The Morgan fingerprint density at radius 2 is 2.05 bits per heavy atom. The van der Waals surface area contributed by atoms with Gasteiger partial charge in [0.1, 0.15) is 5.54 Å². The van der Waals surface area contributed by atoms with Crippen LogP contribution in [0.4, 0.5) is 0 Å². The normalized spacial score (nSPS) is 30.5. The van der Waals surface area contributed by atoms with E-state index in [0.29, 0.717) is 16.7 Å². The molecule has 2 fully saturated rings. The van der Waals surface area contributed by atoms with Crippen molar-refractivity contribution in [1.29, 1.82) is 0 Å². The lowest BCUT2D eigenvalue weighted by Crippen LogP contribution is -2.56. The summed E-state index contributed by atoms with van der Waals surface area (Å²) in [6, 6.07) is 0.546. The van der Waals surface area contributed by atoms with Crippen molar-refractivity contribution in [1.82, 2.24) is 5.32 Å². The van der Waals surface area contributed by atoms with Crippen molar-refractivity contribution in [3.8, 4) is 0 Å². The monoisotopic (exact) mass is 299 g/mol. The largest absolute Gasteiger partial charge is 0.468 e. The molecule has 2 saturated carbocycles. The highest BCUT2D eigenvalue weighted by Crippen LogP contribution is 2.42. The van der Waals surface area contributed by atoms with E-state index in [2.05, 4.69) is 26.1 Å². The summed E-state index contributed by atoms with van der Waals surface area (Å²) >= 11 is 2.00. The SMILES string of the molecule is COC(=O)C1(NC2CC2)CCCC1CCSC(C)(C)C. The maximum atomic E-state index is 12.4. The Morgan fingerprint density at radius 1 is 1.35 bits per heavy atom. The number of nitrogens with one attached hydrogen (secondary N) is 1. The first kappa shape index (κ1) is 16.2. The molecule has 2 rings (SSSR count). The van der Waals surface area contributed by atoms with E-state index in [1.54, 1.807) is 0 Å². The molecule has 0 heterocycles. The van der Waals surface area contributed by atoms with E-state index in [1.807, 2.05) is 11.8 Å². The maximum Gasteiger partial charge on any atom is 0.326 e. The molecule has 0 amide bonds. The molecule has 1 N–H and O–H groups in total. The number of thioether (sulfide) groups is 1. The van der Waals surface area contributed by atoms with Crippen LogP contribution in [0.15, 0.2) is 0 Å². The van der Waals surface area contributed by atoms with Crippen molar-refractivity contribution in [2.24, 2.45) is 5.92 Å². The molecule has 0 spiro atoms. The Labute approximate surface area is 127 Å². The van der Waals surface area contributed by atoms with Crippen LogP contribution >= 0.6 is 11.8 Å². The highest BCUT2D eigenvalue weighted by molar-refractivity contribution is 8.00. The molecule has 4 heteroatoms. The molecule has 0 aliphatic heterocycles. The van der Waals surface area contributed by atoms with Gasteiger partial charge in [-0.25, -0.2) is 0 Å². The molecule has 0 aromatic carbocycles. The highest BCUT2D eigenvalue weighted by Gasteiger charge is 2.51. The number of carbonyl (C=O) groups is 1. The topological polar surface area (TPSA) is 38.3 Å². The number of hydrogen-bond acceptors (Lipinski definition) is 4. The second-order valence-corrected chi connectivity index (χ2v) is 9.14. The van der Waals surface area contributed by atoms with Gasteiger partial charge < -0.3 is 4.74 Å². The maximum absolute atomic E-state index is 12.4. The van der Waals surface area contributed by atoms with Crippen molar-refractivity contribution in [2.75, 3.05) is 12.9 Å². The number of carbonyl (C=O) groups excluding carboxylic acids is 1. The third-order valence-corrected chi connectivity index (χ3v) is 5.72. The molecular formula is C16H29NO2S. The van der Waals surface area contributed by atoms with Gasteiger partial charge in [-0.05, 0) is 43.8 Å². The van der Waals surface area contributed by atoms with Crippen LogP contribution in [-0.2, 0) is 9.53 Å². The minimum atomic E-state index is -0.394. The first-order valence-corrected chi connectivity index (χ1v) is 8.86. The number of ether oxygens (including phenoxy) is 1. The summed E-state index contributed by atoms with van der Waals surface area (Å²) in [6.45, 7) is 6.76. The van der Waals surface area contributed by atoms with Crippen LogP contribution in [0.1, 0.15) is 59.3 Å². The minimum Gasteiger partial charge on any atom is -0.468 e. The van der Waals surface area contributed by atoms with E-state index in [4.69, 9.17) is 4.74 Å². The standard InChI is InChI=1S/C16H29NO2S/c1-15(2,3)20-11-9-12-6-5-10-16(12,14(18)19-4)17-13-7-8-13/h12-13,17H,5-11H2,1-4H3. The second kappa shape index (κ2) is 6.27. The van der Waals surface area contributed by atoms with Gasteiger partial charge in [0, 0.05) is 10.8 Å². The molecule has 0 aromatic rings. The molecule has 2 aliphatic rings. The van der Waals surface area contributed by atoms with E-state index in [9.17, 15) is 4.79 Å². The summed E-state index contributed by atoms with van der Waals surface area (Å²) in [6.07, 6.45) is 6.77. The van der Waals surface area contributed by atoms with E-state index in [0.717, 1.165) is 31.4 Å². The molecule has 2 unspecified atom stereocenters. The molecule has 2 aliphatic carbocycles. The fourth-order valence-electron chi connectivity index (χ4n) is 3.27. The summed E-state index contributed by atoms with van der Waals surface area (Å²) in [5.74, 6) is 1.53. The first-order valence-electron chi connectivity index (χ1n) is 7.87. The third-order valence-electron chi connectivity index (χ3n) is 4.41. The fraction of sp³-hybridized carbons (Fsp3) is 0.938. The van der Waals surface area contributed by atoms with Crippen LogP contribution in [0.25, 0.3) is 0 Å². The van der Waals surface area contributed by atoms with E-state index in [-0.39, 0.29) is 5.97 Å². The van der Waals surface area contributed by atoms with Gasteiger partial charge in [-0.3, -0.25) is 10.1 Å². The van der Waals surface area contributed by atoms with E-state index < -0.39 is 5.54 Å². The average molecular weight is 299 g/mol. The Bertz CT molecular complexity index is 349. The quantitative estimate of drug-likeness (QED) is 0.763. The van der Waals surface area contributed by atoms with Gasteiger partial charge in [0.05, 0.1) is 7.11 Å². The van der Waals surface area contributed by atoms with Gasteiger partial charge in [0.15, 0.2) is 0 Å².